The third-order valence-corrected chi connectivity index (χ3v) is 5.87. The summed E-state index contributed by atoms with van der Waals surface area (Å²) in [5.41, 5.74) is 3.51. The highest BCUT2D eigenvalue weighted by molar-refractivity contribution is 9.10. The smallest absolute Gasteiger partial charge is 0.228 e. The molecular weight excluding hydrogens is 444 g/mol. The Kier molecular flexibility index (Phi) is 5.25. The summed E-state index contributed by atoms with van der Waals surface area (Å²) in [5, 5.41) is 4.55. The van der Waals surface area contributed by atoms with Gasteiger partial charge in [-0.3, -0.25) is 4.79 Å². The molecule has 1 heterocycles. The van der Waals surface area contributed by atoms with Crippen LogP contribution in [0.3, 0.4) is 0 Å². The zero-order valence-electron chi connectivity index (χ0n) is 14.1. The summed E-state index contributed by atoms with van der Waals surface area (Å²) < 4.78 is 2.05. The van der Waals surface area contributed by atoms with Crippen LogP contribution < -0.4 is 5.32 Å². The van der Waals surface area contributed by atoms with Crippen LogP contribution in [-0.4, -0.2) is 10.9 Å². The predicted octanol–water partition coefficient (Wildman–Crippen LogP) is 6.56. The molecule has 0 fully saturated rings. The Balaban J connectivity index is 1.63. The lowest BCUT2D eigenvalue weighted by Crippen LogP contribution is -2.15. The van der Waals surface area contributed by atoms with E-state index in [4.69, 9.17) is 16.6 Å². The van der Waals surface area contributed by atoms with Crippen LogP contribution in [-0.2, 0) is 11.2 Å². The van der Waals surface area contributed by atoms with Crippen LogP contribution in [0, 0.1) is 0 Å². The van der Waals surface area contributed by atoms with Gasteiger partial charge in [0.2, 0.25) is 5.91 Å². The van der Waals surface area contributed by atoms with E-state index < -0.39 is 0 Å². The average Bonchev–Trinajstić information content (AvgIpc) is 3.09. The van der Waals surface area contributed by atoms with Gasteiger partial charge in [-0.2, -0.15) is 0 Å². The van der Waals surface area contributed by atoms with Gasteiger partial charge in [0.1, 0.15) is 5.01 Å². The molecule has 1 amide bonds. The Morgan fingerprint density at radius 2 is 1.85 bits per heavy atom. The summed E-state index contributed by atoms with van der Waals surface area (Å²) in [4.78, 5) is 17.3. The number of benzene rings is 3. The SMILES string of the molecule is O=C(Cc1ccc(Cl)cc1)Nc1ccc(Br)cc1-c1nc2ccccc2s1. The molecule has 4 aromatic rings. The minimum absolute atomic E-state index is 0.0815. The first-order valence-electron chi connectivity index (χ1n) is 8.28. The van der Waals surface area contributed by atoms with Crippen molar-refractivity contribution in [3.63, 3.8) is 0 Å². The molecule has 1 N–H and O–H groups in total. The van der Waals surface area contributed by atoms with Gasteiger partial charge in [0, 0.05) is 15.1 Å². The maximum Gasteiger partial charge on any atom is 0.228 e. The highest BCUT2D eigenvalue weighted by atomic mass is 79.9. The molecule has 0 aliphatic carbocycles. The quantitative estimate of drug-likeness (QED) is 0.377. The second kappa shape index (κ2) is 7.80. The van der Waals surface area contributed by atoms with E-state index in [9.17, 15) is 4.79 Å². The van der Waals surface area contributed by atoms with Gasteiger partial charge in [-0.15, -0.1) is 11.3 Å². The third-order valence-electron chi connectivity index (χ3n) is 4.06. The van der Waals surface area contributed by atoms with Crippen molar-refractivity contribution in [2.45, 2.75) is 6.42 Å². The maximum atomic E-state index is 12.5. The lowest BCUT2D eigenvalue weighted by Gasteiger charge is -2.10. The second-order valence-corrected chi connectivity index (χ2v) is 8.41. The van der Waals surface area contributed by atoms with Crippen LogP contribution in [0.1, 0.15) is 5.56 Å². The number of nitrogens with zero attached hydrogens (tertiary/aromatic N) is 1. The molecule has 0 bridgehead atoms. The fourth-order valence-electron chi connectivity index (χ4n) is 2.77. The number of fused-ring (bicyclic) bond motifs is 1. The number of halogens is 2. The molecule has 27 heavy (non-hydrogen) atoms. The van der Waals surface area contributed by atoms with E-state index in [1.165, 1.54) is 0 Å². The molecule has 134 valence electrons. The Morgan fingerprint density at radius 1 is 1.07 bits per heavy atom. The van der Waals surface area contributed by atoms with E-state index in [0.717, 1.165) is 36.5 Å². The molecule has 6 heteroatoms. The molecule has 4 rings (SSSR count). The van der Waals surface area contributed by atoms with Crippen molar-refractivity contribution >= 4 is 60.7 Å². The van der Waals surface area contributed by atoms with Crippen LogP contribution in [0.25, 0.3) is 20.8 Å². The fourth-order valence-corrected chi connectivity index (χ4v) is 4.25. The monoisotopic (exact) mass is 456 g/mol. The molecule has 3 nitrogen and oxygen atoms in total. The second-order valence-electron chi connectivity index (χ2n) is 6.03. The van der Waals surface area contributed by atoms with Crippen molar-refractivity contribution < 1.29 is 4.79 Å². The van der Waals surface area contributed by atoms with Crippen molar-refractivity contribution in [2.75, 3.05) is 5.32 Å². The number of hydrogen-bond donors (Lipinski definition) is 1. The lowest BCUT2D eigenvalue weighted by molar-refractivity contribution is -0.115. The number of hydrogen-bond acceptors (Lipinski definition) is 3. The van der Waals surface area contributed by atoms with Gasteiger partial charge in [0.25, 0.3) is 0 Å². The van der Waals surface area contributed by atoms with E-state index in [1.807, 2.05) is 54.6 Å². The van der Waals surface area contributed by atoms with Crippen molar-refractivity contribution in [3.05, 3.63) is 81.8 Å². The topological polar surface area (TPSA) is 42.0 Å². The van der Waals surface area contributed by atoms with E-state index in [1.54, 1.807) is 23.5 Å². The Labute approximate surface area is 174 Å². The number of carbonyl (C=O) groups excluding carboxylic acids is 1. The normalized spacial score (nSPS) is 10.9. The van der Waals surface area contributed by atoms with E-state index in [2.05, 4.69) is 21.2 Å². The number of nitrogens with one attached hydrogen (secondary N) is 1. The summed E-state index contributed by atoms with van der Waals surface area (Å²) in [6.07, 6.45) is 0.284. The van der Waals surface area contributed by atoms with E-state index in [0.29, 0.717) is 5.02 Å². The number of aromatic nitrogens is 1. The largest absolute Gasteiger partial charge is 0.325 e. The minimum atomic E-state index is -0.0815. The first kappa shape index (κ1) is 18.2. The predicted molar refractivity (Wildman–Crippen MR) is 117 cm³/mol. The Bertz CT molecular complexity index is 1090. The molecule has 0 spiro atoms. The Hall–Kier alpha value is -2.21. The number of para-hydroxylation sites is 1. The highest BCUT2D eigenvalue weighted by Crippen LogP contribution is 2.36. The molecule has 3 aromatic carbocycles. The summed E-state index contributed by atoms with van der Waals surface area (Å²) >= 11 is 11.0. The summed E-state index contributed by atoms with van der Waals surface area (Å²) in [5.74, 6) is -0.0815. The summed E-state index contributed by atoms with van der Waals surface area (Å²) in [6.45, 7) is 0. The first-order chi connectivity index (χ1) is 13.1. The van der Waals surface area contributed by atoms with Crippen LogP contribution in [0.5, 0.6) is 0 Å². The van der Waals surface area contributed by atoms with Gasteiger partial charge in [0.05, 0.1) is 22.3 Å². The summed E-state index contributed by atoms with van der Waals surface area (Å²) in [6, 6.07) is 21.1. The molecule has 0 aliphatic heterocycles. The van der Waals surface area contributed by atoms with Gasteiger partial charge in [-0.05, 0) is 48.0 Å². The maximum absolute atomic E-state index is 12.5. The molecule has 0 saturated heterocycles. The first-order valence-corrected chi connectivity index (χ1v) is 10.3. The number of thiazole rings is 1. The average molecular weight is 458 g/mol. The standard InChI is InChI=1S/C21H14BrClN2OS/c22-14-7-10-17(24-20(26)11-13-5-8-15(23)9-6-13)16(12-14)21-25-18-3-1-2-4-19(18)27-21/h1-10,12H,11H2,(H,24,26). The van der Waals surface area contributed by atoms with Gasteiger partial charge >= 0.3 is 0 Å². The van der Waals surface area contributed by atoms with Gasteiger partial charge < -0.3 is 5.32 Å². The molecule has 1 aromatic heterocycles. The zero-order chi connectivity index (χ0) is 18.8. The number of anilines is 1. The third kappa shape index (κ3) is 4.21. The summed E-state index contributed by atoms with van der Waals surface area (Å²) in [7, 11) is 0. The van der Waals surface area contributed by atoms with Gasteiger partial charge in [0.15, 0.2) is 0 Å². The van der Waals surface area contributed by atoms with Crippen molar-refractivity contribution in [1.82, 2.24) is 4.98 Å². The molecule has 0 unspecified atom stereocenters. The minimum Gasteiger partial charge on any atom is -0.325 e. The molecule has 0 radical (unpaired) electrons. The lowest BCUT2D eigenvalue weighted by atomic mass is 10.1. The van der Waals surface area contributed by atoms with Crippen LogP contribution in [0.15, 0.2) is 71.2 Å². The highest BCUT2D eigenvalue weighted by Gasteiger charge is 2.14. The number of carbonyl (C=O) groups is 1. The van der Waals surface area contributed by atoms with Crippen LogP contribution in [0.4, 0.5) is 5.69 Å². The zero-order valence-corrected chi connectivity index (χ0v) is 17.2. The van der Waals surface area contributed by atoms with Gasteiger partial charge in [-0.25, -0.2) is 4.98 Å². The van der Waals surface area contributed by atoms with Crippen molar-refractivity contribution in [3.8, 4) is 10.6 Å². The van der Waals surface area contributed by atoms with Gasteiger partial charge in [-0.1, -0.05) is 51.8 Å². The van der Waals surface area contributed by atoms with Crippen LogP contribution >= 0.6 is 38.9 Å². The van der Waals surface area contributed by atoms with Crippen molar-refractivity contribution in [1.29, 1.82) is 0 Å². The van der Waals surface area contributed by atoms with Crippen LogP contribution in [0.2, 0.25) is 5.02 Å². The number of amides is 1. The number of rotatable bonds is 4. The molecule has 0 saturated carbocycles. The fraction of sp³-hybridized carbons (Fsp3) is 0.0476. The van der Waals surface area contributed by atoms with E-state index in [-0.39, 0.29) is 12.3 Å². The Morgan fingerprint density at radius 3 is 2.63 bits per heavy atom. The van der Waals surface area contributed by atoms with E-state index >= 15 is 0 Å². The van der Waals surface area contributed by atoms with Crippen molar-refractivity contribution in [2.24, 2.45) is 0 Å². The molecular formula is C21H14BrClN2OS. The molecule has 0 aliphatic rings. The molecule has 0 atom stereocenters.